The number of benzene rings is 1. The van der Waals surface area contributed by atoms with Crippen LogP contribution in [-0.4, -0.2) is 31.1 Å². The summed E-state index contributed by atoms with van der Waals surface area (Å²) in [6.45, 7) is 3.34. The fraction of sp³-hybridized carbons (Fsp3) is 0.538. The Bertz CT molecular complexity index is 376. The molecular formula is C13H18BrClN2. The van der Waals surface area contributed by atoms with Crippen LogP contribution in [0.25, 0.3) is 0 Å². The van der Waals surface area contributed by atoms with E-state index in [1.54, 1.807) is 0 Å². The van der Waals surface area contributed by atoms with Crippen LogP contribution in [0.5, 0.6) is 0 Å². The van der Waals surface area contributed by atoms with Crippen LogP contribution in [0, 0.1) is 0 Å². The van der Waals surface area contributed by atoms with Crippen LogP contribution in [0.3, 0.4) is 0 Å². The van der Waals surface area contributed by atoms with Gasteiger partial charge in [0.25, 0.3) is 0 Å². The summed E-state index contributed by atoms with van der Waals surface area (Å²) in [5, 5.41) is 4.15. The maximum Gasteiger partial charge on any atom is 0.0551 e. The molecule has 0 bridgehead atoms. The summed E-state index contributed by atoms with van der Waals surface area (Å²) in [6.07, 6.45) is 2.47. The van der Waals surface area contributed by atoms with Crippen molar-refractivity contribution in [2.45, 2.75) is 25.4 Å². The fourth-order valence-corrected chi connectivity index (χ4v) is 2.73. The van der Waals surface area contributed by atoms with Crippen molar-refractivity contribution in [2.75, 3.05) is 20.1 Å². The second-order valence-corrected chi connectivity index (χ2v) is 5.85. The first-order valence-electron chi connectivity index (χ1n) is 6.02. The molecule has 0 aliphatic carbocycles. The first-order chi connectivity index (χ1) is 8.19. The topological polar surface area (TPSA) is 15.3 Å². The molecule has 4 heteroatoms. The van der Waals surface area contributed by atoms with Gasteiger partial charge in [0.05, 0.1) is 5.02 Å². The van der Waals surface area contributed by atoms with Gasteiger partial charge in [-0.15, -0.1) is 0 Å². The van der Waals surface area contributed by atoms with Gasteiger partial charge < -0.3 is 5.32 Å². The van der Waals surface area contributed by atoms with E-state index in [2.05, 4.69) is 45.3 Å². The van der Waals surface area contributed by atoms with Gasteiger partial charge in [-0.3, -0.25) is 4.90 Å². The van der Waals surface area contributed by atoms with Gasteiger partial charge in [0.2, 0.25) is 0 Å². The number of likely N-dealkylation sites (tertiary alicyclic amines) is 1. The lowest BCUT2D eigenvalue weighted by Crippen LogP contribution is -2.40. The summed E-state index contributed by atoms with van der Waals surface area (Å²) in [6, 6.07) is 6.91. The molecule has 1 fully saturated rings. The normalized spacial score (nSPS) is 18.5. The van der Waals surface area contributed by atoms with Crippen molar-refractivity contribution >= 4 is 27.5 Å². The van der Waals surface area contributed by atoms with E-state index in [0.29, 0.717) is 6.04 Å². The number of nitrogens with zero attached hydrogens (tertiary/aromatic N) is 1. The molecule has 0 unspecified atom stereocenters. The Balaban J connectivity index is 1.91. The Morgan fingerprint density at radius 2 is 2.12 bits per heavy atom. The van der Waals surface area contributed by atoms with Gasteiger partial charge in [0, 0.05) is 17.1 Å². The van der Waals surface area contributed by atoms with Gasteiger partial charge in [-0.05, 0) is 66.6 Å². The van der Waals surface area contributed by atoms with Crippen molar-refractivity contribution in [3.05, 3.63) is 33.3 Å². The van der Waals surface area contributed by atoms with E-state index < -0.39 is 0 Å². The maximum absolute atomic E-state index is 6.10. The smallest absolute Gasteiger partial charge is 0.0551 e. The van der Waals surface area contributed by atoms with Gasteiger partial charge >= 0.3 is 0 Å². The summed E-state index contributed by atoms with van der Waals surface area (Å²) in [7, 11) is 2.05. The lowest BCUT2D eigenvalue weighted by Gasteiger charge is -2.31. The Kier molecular flexibility index (Phi) is 4.86. The number of piperidine rings is 1. The van der Waals surface area contributed by atoms with Crippen molar-refractivity contribution in [1.82, 2.24) is 10.2 Å². The zero-order valence-corrected chi connectivity index (χ0v) is 12.4. The van der Waals surface area contributed by atoms with Crippen LogP contribution in [0.15, 0.2) is 22.7 Å². The molecule has 0 spiro atoms. The molecule has 1 N–H and O–H groups in total. The number of halogens is 2. The van der Waals surface area contributed by atoms with Gasteiger partial charge in [0.15, 0.2) is 0 Å². The monoisotopic (exact) mass is 316 g/mol. The second kappa shape index (κ2) is 6.19. The van der Waals surface area contributed by atoms with Gasteiger partial charge in [0.1, 0.15) is 0 Å². The fourth-order valence-electron chi connectivity index (χ4n) is 2.28. The molecule has 0 saturated carbocycles. The molecule has 0 aromatic heterocycles. The number of nitrogens with one attached hydrogen (secondary N) is 1. The minimum atomic E-state index is 0.694. The zero-order valence-electron chi connectivity index (χ0n) is 10.0. The molecule has 2 rings (SSSR count). The molecular weight excluding hydrogens is 300 g/mol. The predicted octanol–water partition coefficient (Wildman–Crippen LogP) is 3.29. The van der Waals surface area contributed by atoms with Crippen LogP contribution in [0.1, 0.15) is 18.4 Å². The maximum atomic E-state index is 6.10. The van der Waals surface area contributed by atoms with E-state index in [9.17, 15) is 0 Å². The Morgan fingerprint density at radius 3 is 2.71 bits per heavy atom. The first kappa shape index (κ1) is 13.3. The van der Waals surface area contributed by atoms with Crippen molar-refractivity contribution in [2.24, 2.45) is 0 Å². The summed E-state index contributed by atoms with van der Waals surface area (Å²) in [5.41, 5.74) is 1.29. The molecule has 1 aliphatic rings. The molecule has 1 aromatic carbocycles. The van der Waals surface area contributed by atoms with E-state index in [4.69, 9.17) is 11.6 Å². The average molecular weight is 318 g/mol. The zero-order chi connectivity index (χ0) is 12.3. The largest absolute Gasteiger partial charge is 0.317 e. The van der Waals surface area contributed by atoms with Gasteiger partial charge in [-0.2, -0.15) is 0 Å². The Labute approximate surface area is 116 Å². The van der Waals surface area contributed by atoms with E-state index >= 15 is 0 Å². The third kappa shape index (κ3) is 3.68. The molecule has 1 heterocycles. The van der Waals surface area contributed by atoms with E-state index in [-0.39, 0.29) is 0 Å². The highest BCUT2D eigenvalue weighted by atomic mass is 79.9. The lowest BCUT2D eigenvalue weighted by molar-refractivity contribution is 0.194. The van der Waals surface area contributed by atoms with Crippen molar-refractivity contribution in [3.63, 3.8) is 0 Å². The molecule has 0 amide bonds. The van der Waals surface area contributed by atoms with Gasteiger partial charge in [-0.25, -0.2) is 0 Å². The third-order valence-electron chi connectivity index (χ3n) is 3.39. The number of hydrogen-bond acceptors (Lipinski definition) is 2. The predicted molar refractivity (Wildman–Crippen MR) is 76.5 cm³/mol. The summed E-state index contributed by atoms with van der Waals surface area (Å²) in [4.78, 5) is 2.49. The molecule has 1 saturated heterocycles. The summed E-state index contributed by atoms with van der Waals surface area (Å²) < 4.78 is 0.969. The molecule has 94 valence electrons. The summed E-state index contributed by atoms with van der Waals surface area (Å²) >= 11 is 9.52. The summed E-state index contributed by atoms with van der Waals surface area (Å²) in [5.74, 6) is 0. The second-order valence-electron chi connectivity index (χ2n) is 4.59. The minimum Gasteiger partial charge on any atom is -0.317 e. The highest BCUT2D eigenvalue weighted by Crippen LogP contribution is 2.24. The standard InChI is InChI=1S/C13H18BrClN2/c1-16-11-4-6-17(7-5-11)9-10-2-3-12(14)13(15)8-10/h2-3,8,11,16H,4-7,9H2,1H3. The molecule has 0 radical (unpaired) electrons. The number of hydrogen-bond donors (Lipinski definition) is 1. The van der Waals surface area contributed by atoms with Crippen LogP contribution in [-0.2, 0) is 6.54 Å². The van der Waals surface area contributed by atoms with Crippen molar-refractivity contribution in [1.29, 1.82) is 0 Å². The molecule has 1 aromatic rings. The molecule has 1 aliphatic heterocycles. The molecule has 0 atom stereocenters. The highest BCUT2D eigenvalue weighted by Gasteiger charge is 2.17. The Morgan fingerprint density at radius 1 is 1.41 bits per heavy atom. The van der Waals surface area contributed by atoms with E-state index in [1.165, 1.54) is 31.5 Å². The minimum absolute atomic E-state index is 0.694. The van der Waals surface area contributed by atoms with Gasteiger partial charge in [-0.1, -0.05) is 17.7 Å². The lowest BCUT2D eigenvalue weighted by atomic mass is 10.0. The van der Waals surface area contributed by atoms with Crippen molar-refractivity contribution < 1.29 is 0 Å². The van der Waals surface area contributed by atoms with E-state index in [0.717, 1.165) is 16.0 Å². The quantitative estimate of drug-likeness (QED) is 0.920. The Hall–Kier alpha value is -0.0900. The van der Waals surface area contributed by atoms with Crippen LogP contribution in [0.2, 0.25) is 5.02 Å². The number of rotatable bonds is 3. The third-order valence-corrected chi connectivity index (χ3v) is 4.62. The average Bonchev–Trinajstić information content (AvgIpc) is 2.35. The highest BCUT2D eigenvalue weighted by molar-refractivity contribution is 9.10. The SMILES string of the molecule is CNC1CCN(Cc2ccc(Br)c(Cl)c2)CC1. The van der Waals surface area contributed by atoms with Crippen LogP contribution in [0.4, 0.5) is 0 Å². The van der Waals surface area contributed by atoms with Crippen LogP contribution < -0.4 is 5.32 Å². The first-order valence-corrected chi connectivity index (χ1v) is 7.19. The van der Waals surface area contributed by atoms with E-state index in [1.807, 2.05) is 6.07 Å². The molecule has 17 heavy (non-hydrogen) atoms. The van der Waals surface area contributed by atoms with Crippen molar-refractivity contribution in [3.8, 4) is 0 Å². The molecule has 2 nitrogen and oxygen atoms in total. The van der Waals surface area contributed by atoms with Crippen LogP contribution >= 0.6 is 27.5 Å².